The zero-order valence-corrected chi connectivity index (χ0v) is 15.5. The maximum absolute atomic E-state index is 11.9. The molecule has 0 spiro atoms. The smallest absolute Gasteiger partial charge is 0.338 e. The fourth-order valence-electron chi connectivity index (χ4n) is 2.41. The first-order chi connectivity index (χ1) is 12.6. The topological polar surface area (TPSA) is 52.6 Å². The third-order valence-corrected chi connectivity index (χ3v) is 4.01. The molecule has 0 saturated heterocycles. The highest BCUT2D eigenvalue weighted by Gasteiger charge is 2.08. The molecule has 0 aliphatic carbocycles. The molecule has 0 aliphatic rings. The third-order valence-electron chi connectivity index (χ3n) is 4.01. The van der Waals surface area contributed by atoms with Crippen molar-refractivity contribution in [3.63, 3.8) is 0 Å². The fourth-order valence-corrected chi connectivity index (χ4v) is 2.41. The summed E-state index contributed by atoms with van der Waals surface area (Å²) in [5.74, 6) is 0.0517. The van der Waals surface area contributed by atoms with Crippen LogP contribution in [0.1, 0.15) is 56.3 Å². The highest BCUT2D eigenvalue weighted by atomic mass is 16.5. The zero-order valence-electron chi connectivity index (χ0n) is 15.5. The predicted molar refractivity (Wildman–Crippen MR) is 102 cm³/mol. The largest absolute Gasteiger partial charge is 0.462 e. The van der Waals surface area contributed by atoms with E-state index in [9.17, 15) is 9.59 Å². The second-order valence-electron chi connectivity index (χ2n) is 6.17. The van der Waals surface area contributed by atoms with Crippen molar-refractivity contribution in [3.05, 3.63) is 54.1 Å². The van der Waals surface area contributed by atoms with Crippen LogP contribution in [0.3, 0.4) is 0 Å². The Balaban J connectivity index is 1.96. The van der Waals surface area contributed by atoms with Gasteiger partial charge in [-0.1, -0.05) is 51.0 Å². The zero-order chi connectivity index (χ0) is 18.8. The molecule has 2 aromatic carbocycles. The summed E-state index contributed by atoms with van der Waals surface area (Å²) in [6.07, 6.45) is 4.11. The molecule has 0 aliphatic heterocycles. The molecule has 2 aromatic rings. The molecular formula is C22H26O4. The summed E-state index contributed by atoms with van der Waals surface area (Å²) < 4.78 is 10.5. The summed E-state index contributed by atoms with van der Waals surface area (Å²) in [6, 6.07) is 14.7. The molecule has 4 nitrogen and oxygen atoms in total. The van der Waals surface area contributed by atoms with Crippen LogP contribution in [-0.2, 0) is 9.53 Å². The van der Waals surface area contributed by atoms with Crippen molar-refractivity contribution >= 4 is 11.9 Å². The van der Waals surface area contributed by atoms with Crippen LogP contribution in [-0.4, -0.2) is 18.5 Å². The van der Waals surface area contributed by atoms with Crippen LogP contribution in [0.25, 0.3) is 11.1 Å². The quantitative estimate of drug-likeness (QED) is 0.343. The van der Waals surface area contributed by atoms with Crippen LogP contribution in [0, 0.1) is 0 Å². The van der Waals surface area contributed by atoms with Crippen molar-refractivity contribution in [1.29, 1.82) is 0 Å². The fraction of sp³-hybridized carbons (Fsp3) is 0.364. The molecule has 0 bridgehead atoms. The van der Waals surface area contributed by atoms with Crippen molar-refractivity contribution in [3.8, 4) is 16.9 Å². The van der Waals surface area contributed by atoms with Gasteiger partial charge in [0, 0.05) is 6.42 Å². The Morgan fingerprint density at radius 2 is 1.38 bits per heavy atom. The maximum atomic E-state index is 11.9. The molecule has 0 N–H and O–H groups in total. The Morgan fingerprint density at radius 3 is 1.96 bits per heavy atom. The average Bonchev–Trinajstić information content (AvgIpc) is 2.67. The molecule has 0 heterocycles. The molecule has 0 radical (unpaired) electrons. The van der Waals surface area contributed by atoms with E-state index >= 15 is 0 Å². The average molecular weight is 354 g/mol. The van der Waals surface area contributed by atoms with Gasteiger partial charge in [-0.15, -0.1) is 0 Å². The Morgan fingerprint density at radius 1 is 0.808 bits per heavy atom. The number of unbranched alkanes of at least 4 members (excludes halogenated alkanes) is 2. The second kappa shape index (κ2) is 10.4. The SMILES string of the molecule is CCCCOC(=O)c1ccc(-c2ccc(OC(=O)CCCC)cc2)cc1. The van der Waals surface area contributed by atoms with Gasteiger partial charge in [0.15, 0.2) is 0 Å². The second-order valence-corrected chi connectivity index (χ2v) is 6.17. The minimum atomic E-state index is -0.292. The Kier molecular flexibility index (Phi) is 7.87. The van der Waals surface area contributed by atoms with Gasteiger partial charge in [-0.05, 0) is 48.2 Å². The number of rotatable bonds is 9. The molecule has 0 unspecified atom stereocenters. The van der Waals surface area contributed by atoms with Crippen LogP contribution < -0.4 is 4.74 Å². The van der Waals surface area contributed by atoms with Gasteiger partial charge in [0.2, 0.25) is 0 Å². The van der Waals surface area contributed by atoms with Crippen molar-refractivity contribution in [2.75, 3.05) is 6.61 Å². The summed E-state index contributed by atoms with van der Waals surface area (Å²) in [4.78, 5) is 23.6. The van der Waals surface area contributed by atoms with Gasteiger partial charge in [-0.2, -0.15) is 0 Å². The monoisotopic (exact) mass is 354 g/mol. The molecule has 2 rings (SSSR count). The number of ether oxygens (including phenoxy) is 2. The standard InChI is InChI=1S/C22H26O4/c1-3-5-7-21(23)26-20-14-12-18(13-15-20)17-8-10-19(11-9-17)22(24)25-16-6-4-2/h8-15H,3-7,16H2,1-2H3. The van der Waals surface area contributed by atoms with Gasteiger partial charge < -0.3 is 9.47 Å². The number of carbonyl (C=O) groups excluding carboxylic acids is 2. The van der Waals surface area contributed by atoms with E-state index in [0.717, 1.165) is 36.8 Å². The lowest BCUT2D eigenvalue weighted by Gasteiger charge is -2.07. The highest BCUT2D eigenvalue weighted by Crippen LogP contribution is 2.23. The van der Waals surface area contributed by atoms with Crippen LogP contribution in [0.15, 0.2) is 48.5 Å². The molecule has 0 fully saturated rings. The van der Waals surface area contributed by atoms with E-state index in [1.54, 1.807) is 24.3 Å². The third kappa shape index (κ3) is 6.03. The maximum Gasteiger partial charge on any atom is 0.338 e. The van der Waals surface area contributed by atoms with E-state index in [0.29, 0.717) is 24.3 Å². The lowest BCUT2D eigenvalue weighted by Crippen LogP contribution is -2.07. The lowest BCUT2D eigenvalue weighted by molar-refractivity contribution is -0.134. The Labute approximate surface area is 155 Å². The van der Waals surface area contributed by atoms with Gasteiger partial charge in [-0.25, -0.2) is 4.79 Å². The van der Waals surface area contributed by atoms with Gasteiger partial charge in [0.25, 0.3) is 0 Å². The number of carbonyl (C=O) groups is 2. The van der Waals surface area contributed by atoms with E-state index in [1.165, 1.54) is 0 Å². The van der Waals surface area contributed by atoms with Gasteiger partial charge in [-0.3, -0.25) is 4.79 Å². The van der Waals surface area contributed by atoms with Crippen LogP contribution in [0.2, 0.25) is 0 Å². The molecule has 0 atom stereocenters. The van der Waals surface area contributed by atoms with E-state index < -0.39 is 0 Å². The minimum absolute atomic E-state index is 0.203. The minimum Gasteiger partial charge on any atom is -0.462 e. The highest BCUT2D eigenvalue weighted by molar-refractivity contribution is 5.90. The van der Waals surface area contributed by atoms with E-state index in [2.05, 4.69) is 6.92 Å². The van der Waals surface area contributed by atoms with Gasteiger partial charge >= 0.3 is 11.9 Å². The molecule has 0 amide bonds. The normalized spacial score (nSPS) is 10.4. The predicted octanol–water partition coefficient (Wildman–Crippen LogP) is 5.41. The van der Waals surface area contributed by atoms with E-state index in [1.807, 2.05) is 31.2 Å². The van der Waals surface area contributed by atoms with E-state index in [4.69, 9.17) is 9.47 Å². The molecule has 0 aromatic heterocycles. The first kappa shape index (κ1) is 19.7. The van der Waals surface area contributed by atoms with Crippen molar-refractivity contribution in [1.82, 2.24) is 0 Å². The molecule has 138 valence electrons. The van der Waals surface area contributed by atoms with E-state index in [-0.39, 0.29) is 11.9 Å². The van der Waals surface area contributed by atoms with Crippen LogP contribution in [0.4, 0.5) is 0 Å². The van der Waals surface area contributed by atoms with Crippen LogP contribution in [0.5, 0.6) is 5.75 Å². The lowest BCUT2D eigenvalue weighted by atomic mass is 10.0. The molecular weight excluding hydrogens is 328 g/mol. The summed E-state index contributed by atoms with van der Waals surface area (Å²) >= 11 is 0. The summed E-state index contributed by atoms with van der Waals surface area (Å²) in [6.45, 7) is 4.55. The summed E-state index contributed by atoms with van der Waals surface area (Å²) in [5.41, 5.74) is 2.52. The van der Waals surface area contributed by atoms with Crippen molar-refractivity contribution in [2.45, 2.75) is 46.0 Å². The number of esters is 2. The summed E-state index contributed by atoms with van der Waals surface area (Å²) in [5, 5.41) is 0. The Hall–Kier alpha value is -2.62. The molecule has 0 saturated carbocycles. The first-order valence-corrected chi connectivity index (χ1v) is 9.22. The summed E-state index contributed by atoms with van der Waals surface area (Å²) in [7, 11) is 0. The van der Waals surface area contributed by atoms with Crippen LogP contribution >= 0.6 is 0 Å². The molecule has 4 heteroatoms. The first-order valence-electron chi connectivity index (χ1n) is 9.22. The van der Waals surface area contributed by atoms with Gasteiger partial charge in [0.1, 0.15) is 5.75 Å². The van der Waals surface area contributed by atoms with Crippen molar-refractivity contribution in [2.24, 2.45) is 0 Å². The number of benzene rings is 2. The Bertz CT molecular complexity index is 702. The van der Waals surface area contributed by atoms with Gasteiger partial charge in [0.05, 0.1) is 12.2 Å². The number of hydrogen-bond acceptors (Lipinski definition) is 4. The number of hydrogen-bond donors (Lipinski definition) is 0. The van der Waals surface area contributed by atoms with Crippen molar-refractivity contribution < 1.29 is 19.1 Å². The molecule has 26 heavy (non-hydrogen) atoms.